The molecule has 0 aromatic heterocycles. The van der Waals surface area contributed by atoms with E-state index in [2.05, 4.69) is 15.4 Å². The fraction of sp³-hybridized carbons (Fsp3) is 0.556. The molecular formula is C36H47ClFN3O6S. The van der Waals surface area contributed by atoms with E-state index in [1.54, 1.807) is 30.3 Å². The fourth-order valence-electron chi connectivity index (χ4n) is 6.82. The average molecular weight is 704 g/mol. The van der Waals surface area contributed by atoms with Crippen molar-refractivity contribution >= 4 is 47.4 Å². The fourth-order valence-corrected chi connectivity index (χ4v) is 7.84. The van der Waals surface area contributed by atoms with Crippen LogP contribution in [-0.4, -0.2) is 47.8 Å². The van der Waals surface area contributed by atoms with Gasteiger partial charge in [0.2, 0.25) is 11.8 Å². The van der Waals surface area contributed by atoms with Crippen molar-refractivity contribution in [3.8, 4) is 0 Å². The maximum absolute atomic E-state index is 14.4. The number of hydrogen-bond acceptors (Lipinski definition) is 7. The van der Waals surface area contributed by atoms with E-state index in [-0.39, 0.29) is 18.2 Å². The lowest BCUT2D eigenvalue weighted by Crippen LogP contribution is -2.47. The van der Waals surface area contributed by atoms with Gasteiger partial charge in [0.15, 0.2) is 0 Å². The van der Waals surface area contributed by atoms with Crippen molar-refractivity contribution in [2.24, 2.45) is 11.8 Å². The molecule has 9 nitrogen and oxygen atoms in total. The summed E-state index contributed by atoms with van der Waals surface area (Å²) in [6.45, 7) is 7.58. The molecule has 1 saturated carbocycles. The highest BCUT2D eigenvalue weighted by Crippen LogP contribution is 2.41. The molecule has 2 fully saturated rings. The lowest BCUT2D eigenvalue weighted by Gasteiger charge is -2.35. The van der Waals surface area contributed by atoms with Crippen molar-refractivity contribution in [1.29, 1.82) is 0 Å². The van der Waals surface area contributed by atoms with E-state index in [1.807, 2.05) is 33.8 Å². The van der Waals surface area contributed by atoms with Gasteiger partial charge < -0.3 is 20.1 Å². The Morgan fingerprint density at radius 3 is 2.42 bits per heavy atom. The molecule has 3 unspecified atom stereocenters. The predicted octanol–water partition coefficient (Wildman–Crippen LogP) is 7.17. The van der Waals surface area contributed by atoms with E-state index in [9.17, 15) is 23.6 Å². The van der Waals surface area contributed by atoms with Crippen LogP contribution in [0.5, 0.6) is 0 Å². The highest BCUT2D eigenvalue weighted by molar-refractivity contribution is 7.99. The summed E-state index contributed by atoms with van der Waals surface area (Å²) >= 11 is 7.21. The standard InChI is InChI=1S/C36H47ClFN3O6S/c1-35(2)21-24(31(42)40-35)19-28(33(44)46-5)39-32(43)29(17-22-11-7-6-8-12-22)48-41-34(45)47-30(23-13-9-16-27(38)18-23)36(3,4)25-14-10-15-26(37)20-25/h9-10,13-16,18,20,22,24,28-30H,6-8,11-12,17,19,21H2,1-5H3,(H,39,43)(H,40,42)(H,41,45)/t24?,28?,29-,30?/m0/s1. The van der Waals surface area contributed by atoms with Crippen LogP contribution in [0.25, 0.3) is 0 Å². The molecule has 48 heavy (non-hydrogen) atoms. The first kappa shape index (κ1) is 37.5. The summed E-state index contributed by atoms with van der Waals surface area (Å²) in [5, 5.41) is 5.50. The molecule has 12 heteroatoms. The largest absolute Gasteiger partial charge is 0.467 e. The monoisotopic (exact) mass is 703 g/mol. The van der Waals surface area contributed by atoms with E-state index in [1.165, 1.54) is 19.2 Å². The van der Waals surface area contributed by atoms with Crippen LogP contribution in [0.1, 0.15) is 96.3 Å². The Morgan fingerprint density at radius 2 is 1.79 bits per heavy atom. The minimum Gasteiger partial charge on any atom is -0.467 e. The maximum atomic E-state index is 14.4. The normalized spacial score (nSPS) is 19.8. The molecule has 0 spiro atoms. The maximum Gasteiger partial charge on any atom is 0.417 e. The third-order valence-electron chi connectivity index (χ3n) is 9.36. The topological polar surface area (TPSA) is 123 Å². The summed E-state index contributed by atoms with van der Waals surface area (Å²) in [6.07, 6.45) is 4.54. The van der Waals surface area contributed by atoms with E-state index < -0.39 is 58.1 Å². The number of rotatable bonds is 13. The van der Waals surface area contributed by atoms with Gasteiger partial charge in [0, 0.05) is 21.9 Å². The first-order valence-corrected chi connectivity index (χ1v) is 17.8. The van der Waals surface area contributed by atoms with E-state index in [0.717, 1.165) is 49.6 Å². The zero-order valence-electron chi connectivity index (χ0n) is 28.3. The summed E-state index contributed by atoms with van der Waals surface area (Å²) in [6, 6.07) is 12.0. The number of amides is 3. The van der Waals surface area contributed by atoms with E-state index in [0.29, 0.717) is 23.4 Å². The van der Waals surface area contributed by atoms with Crippen molar-refractivity contribution in [1.82, 2.24) is 15.4 Å². The Balaban J connectivity index is 1.51. The van der Waals surface area contributed by atoms with Crippen LogP contribution in [0.15, 0.2) is 48.5 Å². The molecule has 2 aromatic rings. The van der Waals surface area contributed by atoms with Gasteiger partial charge >= 0.3 is 12.1 Å². The first-order chi connectivity index (χ1) is 22.7. The van der Waals surface area contributed by atoms with Crippen LogP contribution < -0.4 is 15.4 Å². The summed E-state index contributed by atoms with van der Waals surface area (Å²) in [4.78, 5) is 52.7. The molecule has 3 amide bonds. The van der Waals surface area contributed by atoms with Gasteiger partial charge in [0.05, 0.1) is 7.11 Å². The number of halogens is 2. The number of hydrogen-bond donors (Lipinski definition) is 3. The third kappa shape index (κ3) is 10.1. The smallest absolute Gasteiger partial charge is 0.417 e. The van der Waals surface area contributed by atoms with Gasteiger partial charge in [-0.3, -0.25) is 14.3 Å². The van der Waals surface area contributed by atoms with Crippen LogP contribution in [0, 0.1) is 17.7 Å². The molecule has 3 N–H and O–H groups in total. The number of methoxy groups -OCH3 is 1. The Labute approximate surface area is 291 Å². The molecule has 4 rings (SSSR count). The molecule has 0 radical (unpaired) electrons. The second-order valence-electron chi connectivity index (χ2n) is 14.1. The quantitative estimate of drug-likeness (QED) is 0.149. The van der Waals surface area contributed by atoms with Crippen LogP contribution in [-0.2, 0) is 29.3 Å². The van der Waals surface area contributed by atoms with Gasteiger partial charge in [-0.2, -0.15) is 0 Å². The third-order valence-corrected chi connectivity index (χ3v) is 10.6. The van der Waals surface area contributed by atoms with Crippen molar-refractivity contribution < 1.29 is 33.0 Å². The summed E-state index contributed by atoms with van der Waals surface area (Å²) in [5.41, 5.74) is -0.000944. The number of esters is 1. The van der Waals surface area contributed by atoms with Gasteiger partial charge in [0.1, 0.15) is 23.2 Å². The van der Waals surface area contributed by atoms with E-state index in [4.69, 9.17) is 21.1 Å². The van der Waals surface area contributed by atoms with Gasteiger partial charge in [-0.25, -0.2) is 14.0 Å². The molecule has 2 aromatic carbocycles. The van der Waals surface area contributed by atoms with Crippen LogP contribution >= 0.6 is 23.5 Å². The average Bonchev–Trinajstić information content (AvgIpc) is 3.31. The number of carbonyl (C=O) groups is 4. The minimum absolute atomic E-state index is 0.0951. The number of nitrogens with one attached hydrogen (secondary N) is 3. The second kappa shape index (κ2) is 16.4. The molecular weight excluding hydrogens is 657 g/mol. The van der Waals surface area contributed by atoms with Crippen LogP contribution in [0.4, 0.5) is 9.18 Å². The Kier molecular flexibility index (Phi) is 12.8. The summed E-state index contributed by atoms with van der Waals surface area (Å²) < 4.78 is 28.1. The Hall–Kier alpha value is -3.31. The SMILES string of the molecule is COC(=O)C(CC1CC(C)(C)NC1=O)NC(=O)[C@H](CC1CCCCC1)SNC(=O)OC(c1cccc(F)c1)C(C)(C)c1cccc(Cl)c1. The minimum atomic E-state index is -1.04. The van der Waals surface area contributed by atoms with Crippen molar-refractivity contribution in [3.05, 3.63) is 70.5 Å². The van der Waals surface area contributed by atoms with Crippen molar-refractivity contribution in [3.63, 3.8) is 0 Å². The van der Waals surface area contributed by atoms with Gasteiger partial charge in [-0.1, -0.05) is 81.8 Å². The highest BCUT2D eigenvalue weighted by Gasteiger charge is 2.41. The van der Waals surface area contributed by atoms with Crippen LogP contribution in [0.3, 0.4) is 0 Å². The molecule has 1 saturated heterocycles. The molecule has 1 heterocycles. The molecule has 2 aliphatic rings. The molecule has 1 aliphatic carbocycles. The van der Waals surface area contributed by atoms with Crippen molar-refractivity contribution in [2.75, 3.05) is 7.11 Å². The van der Waals surface area contributed by atoms with Crippen molar-refractivity contribution in [2.45, 2.75) is 107 Å². The highest BCUT2D eigenvalue weighted by atomic mass is 35.5. The summed E-state index contributed by atoms with van der Waals surface area (Å²) in [5.74, 6) is -1.94. The molecule has 4 atom stereocenters. The molecule has 262 valence electrons. The number of benzene rings is 2. The second-order valence-corrected chi connectivity index (χ2v) is 15.6. The Morgan fingerprint density at radius 1 is 1.08 bits per heavy atom. The number of ether oxygens (including phenoxy) is 2. The predicted molar refractivity (Wildman–Crippen MR) is 185 cm³/mol. The van der Waals surface area contributed by atoms with E-state index >= 15 is 0 Å². The molecule has 0 bridgehead atoms. The number of carbonyl (C=O) groups excluding carboxylic acids is 4. The summed E-state index contributed by atoms with van der Waals surface area (Å²) in [7, 11) is 1.24. The lowest BCUT2D eigenvalue weighted by atomic mass is 9.76. The van der Waals surface area contributed by atoms with Gasteiger partial charge in [0.25, 0.3) is 0 Å². The molecule has 1 aliphatic heterocycles. The van der Waals surface area contributed by atoms with Crippen LogP contribution in [0.2, 0.25) is 5.02 Å². The van der Waals surface area contributed by atoms with Gasteiger partial charge in [-0.15, -0.1) is 0 Å². The lowest BCUT2D eigenvalue weighted by molar-refractivity contribution is -0.145. The zero-order chi connectivity index (χ0) is 35.1. The first-order valence-electron chi connectivity index (χ1n) is 16.5. The van der Waals surface area contributed by atoms with Gasteiger partial charge in [-0.05, 0) is 86.4 Å². The Bertz CT molecular complexity index is 1470. The zero-order valence-corrected chi connectivity index (χ0v) is 29.8.